The first-order valence-corrected chi connectivity index (χ1v) is 8.10. The quantitative estimate of drug-likeness (QED) is 0.846. The maximum absolute atomic E-state index is 11.8. The second-order valence-electron chi connectivity index (χ2n) is 7.26. The Labute approximate surface area is 130 Å². The van der Waals surface area contributed by atoms with Crippen LogP contribution in [0.5, 0.6) is 0 Å². The summed E-state index contributed by atoms with van der Waals surface area (Å²) in [7, 11) is 1.79. The molecule has 5 heteroatoms. The highest BCUT2D eigenvalue weighted by atomic mass is 16.6. The molecule has 1 saturated heterocycles. The summed E-state index contributed by atoms with van der Waals surface area (Å²) in [6, 6.07) is 1.22. The fourth-order valence-corrected chi connectivity index (χ4v) is 2.49. The lowest BCUT2D eigenvalue weighted by Gasteiger charge is -2.35. The predicted octanol–water partition coefficient (Wildman–Crippen LogP) is 2.32. The number of hydrogen-bond acceptors (Lipinski definition) is 4. The molecule has 21 heavy (non-hydrogen) atoms. The number of hydrogen-bond donors (Lipinski definition) is 1. The van der Waals surface area contributed by atoms with E-state index in [0.29, 0.717) is 18.6 Å². The van der Waals surface area contributed by atoms with Crippen LogP contribution in [0.15, 0.2) is 0 Å². The Morgan fingerprint density at radius 3 is 2.38 bits per heavy atom. The molecule has 0 aliphatic carbocycles. The van der Waals surface area contributed by atoms with Crippen LogP contribution in [-0.2, 0) is 4.74 Å². The standard InChI is InChI=1S/C16H33N3O2/c1-13(2)19-10-7-14(8-11-19)17-9-12-18(6)15(20)21-16(3,4)5/h13-14,17H,7-12H2,1-6H3. The van der Waals surface area contributed by atoms with Crippen LogP contribution in [0.2, 0.25) is 0 Å². The Morgan fingerprint density at radius 1 is 1.33 bits per heavy atom. The normalized spacial score (nSPS) is 18.0. The van der Waals surface area contributed by atoms with Gasteiger partial charge in [-0.2, -0.15) is 0 Å². The Morgan fingerprint density at radius 2 is 1.90 bits per heavy atom. The molecule has 1 aliphatic rings. The van der Waals surface area contributed by atoms with Crippen LogP contribution in [-0.4, -0.2) is 66.8 Å². The number of ether oxygens (including phenoxy) is 1. The lowest BCUT2D eigenvalue weighted by molar-refractivity contribution is 0.0298. The van der Waals surface area contributed by atoms with E-state index in [-0.39, 0.29) is 6.09 Å². The molecule has 1 fully saturated rings. The van der Waals surface area contributed by atoms with Gasteiger partial charge < -0.3 is 19.9 Å². The van der Waals surface area contributed by atoms with Crippen molar-refractivity contribution < 1.29 is 9.53 Å². The average molecular weight is 299 g/mol. The first-order chi connectivity index (χ1) is 9.69. The van der Waals surface area contributed by atoms with E-state index >= 15 is 0 Å². The number of likely N-dealkylation sites (N-methyl/N-ethyl adjacent to an activating group) is 1. The van der Waals surface area contributed by atoms with Gasteiger partial charge in [-0.05, 0) is 60.5 Å². The van der Waals surface area contributed by atoms with Crippen LogP contribution < -0.4 is 5.32 Å². The molecular formula is C16H33N3O2. The van der Waals surface area contributed by atoms with Crippen LogP contribution in [0.25, 0.3) is 0 Å². The van der Waals surface area contributed by atoms with Gasteiger partial charge in [0.05, 0.1) is 0 Å². The van der Waals surface area contributed by atoms with Gasteiger partial charge in [-0.25, -0.2) is 4.79 Å². The molecule has 0 atom stereocenters. The second kappa shape index (κ2) is 7.99. The minimum absolute atomic E-state index is 0.251. The number of piperidine rings is 1. The van der Waals surface area contributed by atoms with Crippen LogP contribution >= 0.6 is 0 Å². The maximum Gasteiger partial charge on any atom is 0.410 e. The molecule has 0 saturated carbocycles. The van der Waals surface area contributed by atoms with Gasteiger partial charge in [0.15, 0.2) is 0 Å². The molecule has 0 spiro atoms. The summed E-state index contributed by atoms with van der Waals surface area (Å²) in [5.74, 6) is 0. The van der Waals surface area contributed by atoms with E-state index in [1.807, 2.05) is 20.8 Å². The minimum Gasteiger partial charge on any atom is -0.444 e. The van der Waals surface area contributed by atoms with Gasteiger partial charge in [0, 0.05) is 32.2 Å². The summed E-state index contributed by atoms with van der Waals surface area (Å²) in [6.07, 6.45) is 2.13. The van der Waals surface area contributed by atoms with Gasteiger partial charge >= 0.3 is 6.09 Å². The van der Waals surface area contributed by atoms with Crippen LogP contribution in [0, 0.1) is 0 Å². The predicted molar refractivity (Wildman–Crippen MR) is 86.6 cm³/mol. The van der Waals surface area contributed by atoms with E-state index in [9.17, 15) is 4.79 Å². The third-order valence-corrected chi connectivity index (χ3v) is 3.85. The number of amides is 1. The molecule has 1 aliphatic heterocycles. The molecule has 0 unspecified atom stereocenters. The van der Waals surface area contributed by atoms with Crippen molar-refractivity contribution in [3.8, 4) is 0 Å². The van der Waals surface area contributed by atoms with Crippen molar-refractivity contribution in [3.63, 3.8) is 0 Å². The van der Waals surface area contributed by atoms with Gasteiger partial charge in [0.25, 0.3) is 0 Å². The van der Waals surface area contributed by atoms with E-state index in [0.717, 1.165) is 19.6 Å². The van der Waals surface area contributed by atoms with E-state index in [1.54, 1.807) is 11.9 Å². The van der Waals surface area contributed by atoms with Crippen molar-refractivity contribution in [3.05, 3.63) is 0 Å². The van der Waals surface area contributed by atoms with Crippen LogP contribution in [0.4, 0.5) is 4.79 Å². The van der Waals surface area contributed by atoms with Crippen LogP contribution in [0.3, 0.4) is 0 Å². The third-order valence-electron chi connectivity index (χ3n) is 3.85. The summed E-state index contributed by atoms with van der Waals surface area (Å²) in [5, 5.41) is 3.55. The van der Waals surface area contributed by atoms with Crippen molar-refractivity contribution in [2.45, 2.75) is 65.1 Å². The first-order valence-electron chi connectivity index (χ1n) is 8.10. The Kier molecular flexibility index (Phi) is 6.94. The van der Waals surface area contributed by atoms with Gasteiger partial charge in [-0.1, -0.05) is 0 Å². The first kappa shape index (κ1) is 18.2. The molecule has 0 radical (unpaired) electrons. The minimum atomic E-state index is -0.428. The summed E-state index contributed by atoms with van der Waals surface area (Å²) in [6.45, 7) is 14.0. The zero-order chi connectivity index (χ0) is 16.0. The van der Waals surface area contributed by atoms with Crippen molar-refractivity contribution in [1.82, 2.24) is 15.1 Å². The van der Waals surface area contributed by atoms with Crippen molar-refractivity contribution >= 4 is 6.09 Å². The van der Waals surface area contributed by atoms with Crippen molar-refractivity contribution in [2.24, 2.45) is 0 Å². The summed E-state index contributed by atoms with van der Waals surface area (Å²) in [4.78, 5) is 16.0. The fourth-order valence-electron chi connectivity index (χ4n) is 2.49. The second-order valence-corrected chi connectivity index (χ2v) is 7.26. The Balaban J connectivity index is 2.18. The number of likely N-dealkylation sites (tertiary alicyclic amines) is 1. The Bertz CT molecular complexity index is 318. The van der Waals surface area contributed by atoms with E-state index in [2.05, 4.69) is 24.1 Å². The molecule has 5 nitrogen and oxygen atoms in total. The van der Waals surface area contributed by atoms with Gasteiger partial charge in [0.2, 0.25) is 0 Å². The smallest absolute Gasteiger partial charge is 0.410 e. The molecular weight excluding hydrogens is 266 g/mol. The van der Waals surface area contributed by atoms with Gasteiger partial charge in [0.1, 0.15) is 5.60 Å². The summed E-state index contributed by atoms with van der Waals surface area (Å²) in [5.41, 5.74) is -0.428. The lowest BCUT2D eigenvalue weighted by Crippen LogP contribution is -2.47. The third kappa shape index (κ3) is 7.14. The van der Waals surface area contributed by atoms with Crippen LogP contribution in [0.1, 0.15) is 47.5 Å². The van der Waals surface area contributed by atoms with E-state index < -0.39 is 5.60 Å². The van der Waals surface area contributed by atoms with E-state index in [1.165, 1.54) is 12.8 Å². The zero-order valence-corrected chi connectivity index (χ0v) is 14.6. The monoisotopic (exact) mass is 299 g/mol. The number of nitrogens with zero attached hydrogens (tertiary/aromatic N) is 2. The summed E-state index contributed by atoms with van der Waals surface area (Å²) < 4.78 is 5.33. The molecule has 1 N–H and O–H groups in total. The molecule has 1 rings (SSSR count). The summed E-state index contributed by atoms with van der Waals surface area (Å²) >= 11 is 0. The number of carbonyl (C=O) groups excluding carboxylic acids is 1. The molecule has 0 bridgehead atoms. The topological polar surface area (TPSA) is 44.8 Å². The van der Waals surface area contributed by atoms with Crippen molar-refractivity contribution in [1.29, 1.82) is 0 Å². The number of rotatable bonds is 5. The molecule has 1 heterocycles. The highest BCUT2D eigenvalue weighted by Gasteiger charge is 2.21. The average Bonchev–Trinajstić information content (AvgIpc) is 2.37. The number of carbonyl (C=O) groups is 1. The number of nitrogens with one attached hydrogen (secondary N) is 1. The Hall–Kier alpha value is -0.810. The largest absolute Gasteiger partial charge is 0.444 e. The lowest BCUT2D eigenvalue weighted by atomic mass is 10.0. The highest BCUT2D eigenvalue weighted by molar-refractivity contribution is 5.67. The molecule has 0 aromatic carbocycles. The molecule has 124 valence electrons. The van der Waals surface area contributed by atoms with E-state index in [4.69, 9.17) is 4.74 Å². The highest BCUT2D eigenvalue weighted by Crippen LogP contribution is 2.13. The maximum atomic E-state index is 11.8. The molecule has 1 amide bonds. The van der Waals surface area contributed by atoms with Gasteiger partial charge in [-0.15, -0.1) is 0 Å². The molecule has 0 aromatic rings. The fraction of sp³-hybridized carbons (Fsp3) is 0.938. The zero-order valence-electron chi connectivity index (χ0n) is 14.6. The SMILES string of the molecule is CC(C)N1CCC(NCCN(C)C(=O)OC(C)(C)C)CC1. The van der Waals surface area contributed by atoms with Gasteiger partial charge in [-0.3, -0.25) is 0 Å². The van der Waals surface area contributed by atoms with Crippen molar-refractivity contribution in [2.75, 3.05) is 33.2 Å². The molecule has 0 aromatic heterocycles.